The molecule has 1 aromatic carbocycles. The molecule has 5 nitrogen and oxygen atoms in total. The van der Waals surface area contributed by atoms with Crippen molar-refractivity contribution < 1.29 is 19.4 Å². The average molecular weight is 253 g/mol. The Morgan fingerprint density at radius 2 is 2.11 bits per heavy atom. The predicted octanol–water partition coefficient (Wildman–Crippen LogP) is 0.838. The molecule has 0 aliphatic rings. The average Bonchev–Trinajstić information content (AvgIpc) is 2.38. The molecule has 1 rings (SSSR count). The maximum Gasteiger partial charge on any atom is 0.325 e. The van der Waals surface area contributed by atoms with Crippen molar-refractivity contribution in [3.8, 4) is 5.75 Å². The number of esters is 1. The zero-order chi connectivity index (χ0) is 13.6. The first kappa shape index (κ1) is 14.5. The van der Waals surface area contributed by atoms with Gasteiger partial charge in [0.1, 0.15) is 11.3 Å². The zero-order valence-corrected chi connectivity index (χ0v) is 10.7. The molecule has 0 spiro atoms. The van der Waals surface area contributed by atoms with Crippen molar-refractivity contribution >= 4 is 5.97 Å². The molecule has 0 fully saturated rings. The van der Waals surface area contributed by atoms with Gasteiger partial charge in [-0.05, 0) is 13.0 Å². The number of methoxy groups -OCH3 is 1. The van der Waals surface area contributed by atoms with Gasteiger partial charge in [0.15, 0.2) is 0 Å². The van der Waals surface area contributed by atoms with E-state index in [4.69, 9.17) is 15.6 Å². The first-order chi connectivity index (χ1) is 8.51. The summed E-state index contributed by atoms with van der Waals surface area (Å²) in [5, 5.41) is 9.13. The Hall–Kier alpha value is -1.59. The summed E-state index contributed by atoms with van der Waals surface area (Å²) in [6.07, 6.45) is 0.333. The van der Waals surface area contributed by atoms with Crippen molar-refractivity contribution in [1.29, 1.82) is 0 Å². The molecule has 18 heavy (non-hydrogen) atoms. The number of ether oxygens (including phenoxy) is 2. The van der Waals surface area contributed by atoms with Crippen molar-refractivity contribution in [1.82, 2.24) is 0 Å². The van der Waals surface area contributed by atoms with Crippen molar-refractivity contribution in [2.45, 2.75) is 25.5 Å². The summed E-state index contributed by atoms with van der Waals surface area (Å²) >= 11 is 0. The fourth-order valence-electron chi connectivity index (χ4n) is 1.48. The molecule has 0 heterocycles. The largest absolute Gasteiger partial charge is 0.493 e. The number of para-hydroxylation sites is 1. The molecular formula is C13H19NO4. The van der Waals surface area contributed by atoms with Gasteiger partial charge < -0.3 is 20.3 Å². The number of hydrogen-bond donors (Lipinski definition) is 2. The maximum atomic E-state index is 11.4. The Kier molecular flexibility index (Phi) is 5.12. The summed E-state index contributed by atoms with van der Waals surface area (Å²) in [6.45, 7) is 1.78. The molecule has 0 amide bonds. The number of hydrogen-bond acceptors (Lipinski definition) is 5. The third kappa shape index (κ3) is 3.72. The van der Waals surface area contributed by atoms with Gasteiger partial charge in [-0.2, -0.15) is 0 Å². The zero-order valence-electron chi connectivity index (χ0n) is 10.7. The number of carbonyl (C=O) groups excluding carboxylic acids is 1. The van der Waals surface area contributed by atoms with Crippen LogP contribution < -0.4 is 10.5 Å². The second kappa shape index (κ2) is 6.37. The summed E-state index contributed by atoms with van der Waals surface area (Å²) in [5.41, 5.74) is 5.44. The molecule has 0 aliphatic heterocycles. The Morgan fingerprint density at radius 1 is 1.44 bits per heavy atom. The van der Waals surface area contributed by atoms with Gasteiger partial charge >= 0.3 is 5.97 Å². The molecule has 3 N–H and O–H groups in total. The molecule has 100 valence electrons. The molecule has 1 aromatic rings. The highest BCUT2D eigenvalue weighted by atomic mass is 16.5. The molecule has 0 saturated heterocycles. The Morgan fingerprint density at radius 3 is 2.72 bits per heavy atom. The highest BCUT2D eigenvalue weighted by molar-refractivity contribution is 5.79. The van der Waals surface area contributed by atoms with Crippen molar-refractivity contribution in [3.63, 3.8) is 0 Å². The second-order valence-corrected chi connectivity index (χ2v) is 4.27. The molecule has 0 aromatic heterocycles. The van der Waals surface area contributed by atoms with Gasteiger partial charge in [-0.25, -0.2) is 0 Å². The fraction of sp³-hybridized carbons (Fsp3) is 0.462. The summed E-state index contributed by atoms with van der Waals surface area (Å²) in [5.74, 6) is 0.127. The minimum absolute atomic E-state index is 0.0902. The highest BCUT2D eigenvalue weighted by Crippen LogP contribution is 2.18. The standard InChI is InChI=1S/C13H19NO4/c1-13(14,12(16)17-2)7-8-18-11-6-4-3-5-10(11)9-15/h3-6,15H,7-9,14H2,1-2H3. The van der Waals surface area contributed by atoms with E-state index in [1.54, 1.807) is 19.1 Å². The first-order valence-electron chi connectivity index (χ1n) is 5.70. The van der Waals surface area contributed by atoms with Gasteiger partial charge in [0.2, 0.25) is 0 Å². The van der Waals surface area contributed by atoms with Crippen LogP contribution in [-0.4, -0.2) is 30.3 Å². The second-order valence-electron chi connectivity index (χ2n) is 4.27. The van der Waals surface area contributed by atoms with Gasteiger partial charge in [0, 0.05) is 12.0 Å². The van der Waals surface area contributed by atoms with Crippen LogP contribution >= 0.6 is 0 Å². The van der Waals surface area contributed by atoms with Gasteiger partial charge in [-0.3, -0.25) is 4.79 Å². The lowest BCUT2D eigenvalue weighted by atomic mass is 10.0. The van der Waals surface area contributed by atoms with Crippen molar-refractivity contribution in [3.05, 3.63) is 29.8 Å². The van der Waals surface area contributed by atoms with E-state index < -0.39 is 11.5 Å². The Balaban J connectivity index is 2.54. The minimum atomic E-state index is -1.07. The Bertz CT molecular complexity index is 404. The van der Waals surface area contributed by atoms with Gasteiger partial charge in [0.05, 0.1) is 20.3 Å². The molecule has 0 aliphatic carbocycles. The quantitative estimate of drug-likeness (QED) is 0.734. The van der Waals surface area contributed by atoms with E-state index in [9.17, 15) is 4.79 Å². The number of benzene rings is 1. The molecule has 0 bridgehead atoms. The van der Waals surface area contributed by atoms with E-state index >= 15 is 0 Å². The van der Waals surface area contributed by atoms with E-state index in [1.165, 1.54) is 7.11 Å². The summed E-state index contributed by atoms with van der Waals surface area (Å²) in [4.78, 5) is 11.4. The van der Waals surface area contributed by atoms with Crippen molar-refractivity contribution in [2.75, 3.05) is 13.7 Å². The van der Waals surface area contributed by atoms with Gasteiger partial charge in [-0.1, -0.05) is 18.2 Å². The lowest BCUT2D eigenvalue weighted by Crippen LogP contribution is -2.46. The van der Waals surface area contributed by atoms with Crippen LogP contribution in [0.15, 0.2) is 24.3 Å². The van der Waals surface area contributed by atoms with Crippen LogP contribution in [0.1, 0.15) is 18.9 Å². The predicted molar refractivity (Wildman–Crippen MR) is 67.1 cm³/mol. The SMILES string of the molecule is COC(=O)C(C)(N)CCOc1ccccc1CO. The summed E-state index contributed by atoms with van der Waals surface area (Å²) < 4.78 is 10.1. The third-order valence-corrected chi connectivity index (χ3v) is 2.67. The molecular weight excluding hydrogens is 234 g/mol. The number of rotatable bonds is 6. The maximum absolute atomic E-state index is 11.4. The fourth-order valence-corrected chi connectivity index (χ4v) is 1.48. The van der Waals surface area contributed by atoms with E-state index in [0.717, 1.165) is 0 Å². The van der Waals surface area contributed by atoms with Crippen LogP contribution in [-0.2, 0) is 16.1 Å². The molecule has 1 unspecified atom stereocenters. The number of aliphatic hydroxyl groups excluding tert-OH is 1. The first-order valence-corrected chi connectivity index (χ1v) is 5.70. The summed E-state index contributed by atoms with van der Waals surface area (Å²) in [7, 11) is 1.30. The van der Waals surface area contributed by atoms with Gasteiger partial charge in [-0.15, -0.1) is 0 Å². The van der Waals surface area contributed by atoms with Crippen LogP contribution in [0.4, 0.5) is 0 Å². The monoisotopic (exact) mass is 253 g/mol. The number of nitrogens with two attached hydrogens (primary N) is 1. The van der Waals surface area contributed by atoms with Crippen LogP contribution in [0.5, 0.6) is 5.75 Å². The third-order valence-electron chi connectivity index (χ3n) is 2.67. The summed E-state index contributed by atoms with van der Waals surface area (Å²) in [6, 6.07) is 7.17. The topological polar surface area (TPSA) is 81.8 Å². The molecule has 1 atom stereocenters. The van der Waals surface area contributed by atoms with E-state index in [0.29, 0.717) is 17.7 Å². The molecule has 5 heteroatoms. The number of aliphatic hydroxyl groups is 1. The van der Waals surface area contributed by atoms with Crippen LogP contribution in [0.3, 0.4) is 0 Å². The molecule has 0 saturated carbocycles. The normalized spacial score (nSPS) is 13.8. The van der Waals surface area contributed by atoms with Crippen LogP contribution in [0, 0.1) is 0 Å². The van der Waals surface area contributed by atoms with Crippen LogP contribution in [0.25, 0.3) is 0 Å². The highest BCUT2D eigenvalue weighted by Gasteiger charge is 2.29. The van der Waals surface area contributed by atoms with E-state index in [2.05, 4.69) is 4.74 Å². The lowest BCUT2D eigenvalue weighted by Gasteiger charge is -2.21. The van der Waals surface area contributed by atoms with Crippen molar-refractivity contribution in [2.24, 2.45) is 5.73 Å². The van der Waals surface area contributed by atoms with Gasteiger partial charge in [0.25, 0.3) is 0 Å². The smallest absolute Gasteiger partial charge is 0.325 e. The van der Waals surface area contributed by atoms with E-state index in [-0.39, 0.29) is 13.2 Å². The minimum Gasteiger partial charge on any atom is -0.493 e. The molecule has 0 radical (unpaired) electrons. The van der Waals surface area contributed by atoms with E-state index in [1.807, 2.05) is 12.1 Å². The lowest BCUT2D eigenvalue weighted by molar-refractivity contribution is -0.146. The Labute approximate surface area is 107 Å². The van der Waals surface area contributed by atoms with Crippen LogP contribution in [0.2, 0.25) is 0 Å². The number of carbonyl (C=O) groups is 1.